The molecule has 0 atom stereocenters. The standard InChI is InChI=1S/C14H27N3O2/c1-2-15-14(17-8-5-13(18)6-9-17)16-7-10-19-11-12-3-4-12/h12-13,18H,2-11H2,1H3,(H,15,16). The zero-order valence-electron chi connectivity index (χ0n) is 12.0. The second kappa shape index (κ2) is 7.70. The van der Waals surface area contributed by atoms with Gasteiger partial charge in [0.15, 0.2) is 5.96 Å². The van der Waals surface area contributed by atoms with Gasteiger partial charge in [-0.2, -0.15) is 0 Å². The molecule has 2 N–H and O–H groups in total. The van der Waals surface area contributed by atoms with Crippen LogP contribution in [0.15, 0.2) is 4.99 Å². The zero-order valence-corrected chi connectivity index (χ0v) is 12.0. The quantitative estimate of drug-likeness (QED) is 0.426. The normalized spacial score (nSPS) is 21.8. The van der Waals surface area contributed by atoms with E-state index < -0.39 is 0 Å². The predicted molar refractivity (Wildman–Crippen MR) is 76.3 cm³/mol. The number of piperidine rings is 1. The Kier molecular flexibility index (Phi) is 5.92. The number of nitrogens with one attached hydrogen (secondary N) is 1. The molecule has 1 aliphatic carbocycles. The fourth-order valence-electron chi connectivity index (χ4n) is 2.25. The molecule has 2 rings (SSSR count). The monoisotopic (exact) mass is 269 g/mol. The summed E-state index contributed by atoms with van der Waals surface area (Å²) in [5.41, 5.74) is 0. The maximum absolute atomic E-state index is 9.54. The Morgan fingerprint density at radius 3 is 2.68 bits per heavy atom. The Morgan fingerprint density at radius 2 is 2.05 bits per heavy atom. The lowest BCUT2D eigenvalue weighted by atomic mass is 10.1. The van der Waals surface area contributed by atoms with Crippen molar-refractivity contribution in [3.05, 3.63) is 0 Å². The summed E-state index contributed by atoms with van der Waals surface area (Å²) in [7, 11) is 0. The second-order valence-corrected chi connectivity index (χ2v) is 5.47. The van der Waals surface area contributed by atoms with Crippen molar-refractivity contribution in [2.75, 3.05) is 39.4 Å². The highest BCUT2D eigenvalue weighted by molar-refractivity contribution is 5.80. The molecule has 0 amide bonds. The van der Waals surface area contributed by atoms with Crippen molar-refractivity contribution in [1.82, 2.24) is 10.2 Å². The largest absolute Gasteiger partial charge is 0.393 e. The van der Waals surface area contributed by atoms with Crippen molar-refractivity contribution in [2.24, 2.45) is 10.9 Å². The first kappa shape index (κ1) is 14.6. The first-order valence-electron chi connectivity index (χ1n) is 7.58. The van der Waals surface area contributed by atoms with Gasteiger partial charge in [-0.15, -0.1) is 0 Å². The molecule has 110 valence electrons. The molecule has 0 radical (unpaired) electrons. The van der Waals surface area contributed by atoms with E-state index in [2.05, 4.69) is 22.1 Å². The SMILES string of the molecule is CCNC(=NCCOCC1CC1)N1CCC(O)CC1. The van der Waals surface area contributed by atoms with Crippen LogP contribution >= 0.6 is 0 Å². The number of rotatable bonds is 6. The maximum atomic E-state index is 9.54. The van der Waals surface area contributed by atoms with Gasteiger partial charge in [-0.25, -0.2) is 0 Å². The van der Waals surface area contributed by atoms with Crippen LogP contribution in [0.4, 0.5) is 0 Å². The van der Waals surface area contributed by atoms with Gasteiger partial charge in [-0.05, 0) is 38.5 Å². The van der Waals surface area contributed by atoms with Crippen molar-refractivity contribution in [2.45, 2.75) is 38.7 Å². The van der Waals surface area contributed by atoms with Crippen LogP contribution < -0.4 is 5.32 Å². The summed E-state index contributed by atoms with van der Waals surface area (Å²) < 4.78 is 5.60. The van der Waals surface area contributed by atoms with Crippen LogP contribution in [-0.4, -0.2) is 61.5 Å². The Labute approximate surface area is 116 Å². The fourth-order valence-corrected chi connectivity index (χ4v) is 2.25. The van der Waals surface area contributed by atoms with Gasteiger partial charge in [-0.1, -0.05) is 0 Å². The number of hydrogen-bond acceptors (Lipinski definition) is 3. The maximum Gasteiger partial charge on any atom is 0.193 e. The minimum absolute atomic E-state index is 0.138. The molecular formula is C14H27N3O2. The lowest BCUT2D eigenvalue weighted by Crippen LogP contribution is -2.46. The molecule has 0 aromatic carbocycles. The molecule has 5 nitrogen and oxygen atoms in total. The van der Waals surface area contributed by atoms with Crippen LogP contribution in [0.25, 0.3) is 0 Å². The lowest BCUT2D eigenvalue weighted by molar-refractivity contribution is 0.107. The van der Waals surface area contributed by atoms with E-state index >= 15 is 0 Å². The lowest BCUT2D eigenvalue weighted by Gasteiger charge is -2.32. The minimum Gasteiger partial charge on any atom is -0.393 e. The molecule has 1 heterocycles. The van der Waals surface area contributed by atoms with Crippen molar-refractivity contribution >= 4 is 5.96 Å². The fraction of sp³-hybridized carbons (Fsp3) is 0.929. The highest BCUT2D eigenvalue weighted by atomic mass is 16.5. The number of likely N-dealkylation sites (tertiary alicyclic amines) is 1. The van der Waals surface area contributed by atoms with Gasteiger partial charge in [0, 0.05) is 26.2 Å². The zero-order chi connectivity index (χ0) is 13.5. The van der Waals surface area contributed by atoms with Gasteiger partial charge in [0.1, 0.15) is 0 Å². The van der Waals surface area contributed by atoms with E-state index in [9.17, 15) is 5.11 Å². The number of aliphatic imine (C=N–C) groups is 1. The summed E-state index contributed by atoms with van der Waals surface area (Å²) in [4.78, 5) is 6.84. The van der Waals surface area contributed by atoms with Crippen LogP contribution in [-0.2, 0) is 4.74 Å². The van der Waals surface area contributed by atoms with Crippen molar-refractivity contribution < 1.29 is 9.84 Å². The third kappa shape index (κ3) is 5.37. The van der Waals surface area contributed by atoms with Crippen LogP contribution in [0.2, 0.25) is 0 Å². The third-order valence-electron chi connectivity index (χ3n) is 3.65. The number of aliphatic hydroxyl groups excluding tert-OH is 1. The Bertz CT molecular complexity index is 284. The Balaban J connectivity index is 1.69. The number of guanidine groups is 1. The van der Waals surface area contributed by atoms with Crippen LogP contribution in [0.5, 0.6) is 0 Å². The molecule has 2 aliphatic rings. The molecule has 1 aliphatic heterocycles. The molecular weight excluding hydrogens is 242 g/mol. The van der Waals surface area contributed by atoms with Crippen molar-refractivity contribution in [1.29, 1.82) is 0 Å². The van der Waals surface area contributed by atoms with Crippen LogP contribution in [0, 0.1) is 5.92 Å². The summed E-state index contributed by atoms with van der Waals surface area (Å²) in [6.07, 6.45) is 4.20. The van der Waals surface area contributed by atoms with E-state index in [1.54, 1.807) is 0 Å². The molecule has 5 heteroatoms. The van der Waals surface area contributed by atoms with Crippen molar-refractivity contribution in [3.63, 3.8) is 0 Å². The molecule has 0 aromatic heterocycles. The smallest absolute Gasteiger partial charge is 0.193 e. The molecule has 19 heavy (non-hydrogen) atoms. The van der Waals surface area contributed by atoms with E-state index in [0.717, 1.165) is 51.0 Å². The van der Waals surface area contributed by atoms with E-state index in [4.69, 9.17) is 4.74 Å². The molecule has 0 bridgehead atoms. The summed E-state index contributed by atoms with van der Waals surface area (Å²) >= 11 is 0. The number of hydrogen-bond donors (Lipinski definition) is 2. The average Bonchev–Trinajstić information content (AvgIpc) is 3.22. The molecule has 2 fully saturated rings. The van der Waals surface area contributed by atoms with Crippen LogP contribution in [0.1, 0.15) is 32.6 Å². The molecule has 1 saturated carbocycles. The molecule has 0 spiro atoms. The van der Waals surface area contributed by atoms with Gasteiger partial charge < -0.3 is 20.1 Å². The highest BCUT2D eigenvalue weighted by Crippen LogP contribution is 2.28. The Morgan fingerprint density at radius 1 is 1.32 bits per heavy atom. The Hall–Kier alpha value is -0.810. The van der Waals surface area contributed by atoms with Gasteiger partial charge in [-0.3, -0.25) is 4.99 Å². The van der Waals surface area contributed by atoms with Gasteiger partial charge in [0.05, 0.1) is 19.3 Å². The highest BCUT2D eigenvalue weighted by Gasteiger charge is 2.21. The number of ether oxygens (including phenoxy) is 1. The first-order valence-corrected chi connectivity index (χ1v) is 7.58. The first-order chi connectivity index (χ1) is 9.29. The predicted octanol–water partition coefficient (Wildman–Crippen LogP) is 0.835. The summed E-state index contributed by atoms with van der Waals surface area (Å²) in [5.74, 6) is 1.78. The van der Waals surface area contributed by atoms with Crippen LogP contribution in [0.3, 0.4) is 0 Å². The van der Waals surface area contributed by atoms with Gasteiger partial charge >= 0.3 is 0 Å². The minimum atomic E-state index is -0.138. The second-order valence-electron chi connectivity index (χ2n) is 5.47. The summed E-state index contributed by atoms with van der Waals surface area (Å²) in [6.45, 7) is 7.06. The molecule has 1 saturated heterocycles. The molecule has 0 unspecified atom stereocenters. The number of nitrogens with zero attached hydrogens (tertiary/aromatic N) is 2. The summed E-state index contributed by atoms with van der Waals surface area (Å²) in [6, 6.07) is 0. The van der Waals surface area contributed by atoms with Crippen molar-refractivity contribution in [3.8, 4) is 0 Å². The van der Waals surface area contributed by atoms with E-state index in [0.29, 0.717) is 13.2 Å². The van der Waals surface area contributed by atoms with E-state index in [-0.39, 0.29) is 6.10 Å². The third-order valence-corrected chi connectivity index (χ3v) is 3.65. The van der Waals surface area contributed by atoms with Gasteiger partial charge in [0.2, 0.25) is 0 Å². The summed E-state index contributed by atoms with van der Waals surface area (Å²) in [5, 5.41) is 12.9. The van der Waals surface area contributed by atoms with Gasteiger partial charge in [0.25, 0.3) is 0 Å². The number of aliphatic hydroxyl groups is 1. The van der Waals surface area contributed by atoms with E-state index in [1.165, 1.54) is 12.8 Å². The topological polar surface area (TPSA) is 57.1 Å². The average molecular weight is 269 g/mol. The van der Waals surface area contributed by atoms with E-state index in [1.807, 2.05) is 0 Å². The molecule has 0 aromatic rings.